The van der Waals surface area contributed by atoms with Gasteiger partial charge in [0.1, 0.15) is 11.4 Å². The van der Waals surface area contributed by atoms with E-state index in [-0.39, 0.29) is 17.1 Å². The molecule has 0 unspecified atom stereocenters. The minimum absolute atomic E-state index is 0.190. The van der Waals surface area contributed by atoms with Crippen molar-refractivity contribution in [3.8, 4) is 11.5 Å². The Morgan fingerprint density at radius 1 is 1.03 bits per heavy atom. The summed E-state index contributed by atoms with van der Waals surface area (Å²) in [6.07, 6.45) is 0. The molecule has 4 aromatic carbocycles. The number of nitrogens with one attached hydrogen (secondary N) is 1. The summed E-state index contributed by atoms with van der Waals surface area (Å²) in [6, 6.07) is 21.1. The normalized spacial score (nSPS) is 11.1. The third-order valence-electron chi connectivity index (χ3n) is 4.81. The van der Waals surface area contributed by atoms with Crippen molar-refractivity contribution in [1.82, 2.24) is 0 Å². The highest BCUT2D eigenvalue weighted by Crippen LogP contribution is 2.42. The maximum absolute atomic E-state index is 13.0. The van der Waals surface area contributed by atoms with Crippen molar-refractivity contribution < 1.29 is 14.6 Å². The SMILES string of the molecule is COc1ccc(Br)cc1C(=O)Nc1cc2ccccc2c(N=Nc2ccc(N)cc2)c1O. The van der Waals surface area contributed by atoms with Gasteiger partial charge in [-0.15, -0.1) is 5.11 Å². The van der Waals surface area contributed by atoms with E-state index in [4.69, 9.17) is 10.5 Å². The Hall–Kier alpha value is -3.91. The average molecular weight is 491 g/mol. The molecule has 0 spiro atoms. The third kappa shape index (κ3) is 4.40. The number of aromatic hydroxyl groups is 1. The Kier molecular flexibility index (Phi) is 6.04. The van der Waals surface area contributed by atoms with Crippen molar-refractivity contribution in [2.24, 2.45) is 10.2 Å². The largest absolute Gasteiger partial charge is 0.504 e. The van der Waals surface area contributed by atoms with Crippen LogP contribution in [0.5, 0.6) is 11.5 Å². The van der Waals surface area contributed by atoms with Gasteiger partial charge in [-0.1, -0.05) is 40.2 Å². The number of phenolic OH excluding ortho intramolecular Hbond substituents is 1. The van der Waals surface area contributed by atoms with Crippen molar-refractivity contribution in [2.45, 2.75) is 0 Å². The third-order valence-corrected chi connectivity index (χ3v) is 5.30. The van der Waals surface area contributed by atoms with Gasteiger partial charge in [0.25, 0.3) is 5.91 Å². The Balaban J connectivity index is 1.76. The lowest BCUT2D eigenvalue weighted by Crippen LogP contribution is -2.13. The van der Waals surface area contributed by atoms with Crippen LogP contribution < -0.4 is 15.8 Å². The fraction of sp³-hybridized carbons (Fsp3) is 0.0417. The molecule has 4 rings (SSSR count). The molecule has 0 saturated heterocycles. The van der Waals surface area contributed by atoms with Gasteiger partial charge in [0.05, 0.1) is 24.0 Å². The maximum Gasteiger partial charge on any atom is 0.259 e. The molecular weight excluding hydrogens is 472 g/mol. The first-order valence-corrected chi connectivity index (χ1v) is 10.4. The number of nitrogens with two attached hydrogens (primary N) is 1. The topological polar surface area (TPSA) is 109 Å². The van der Waals surface area contributed by atoms with E-state index in [0.717, 1.165) is 9.86 Å². The highest BCUT2D eigenvalue weighted by molar-refractivity contribution is 9.10. The van der Waals surface area contributed by atoms with E-state index in [1.807, 2.05) is 24.3 Å². The van der Waals surface area contributed by atoms with Gasteiger partial charge >= 0.3 is 0 Å². The molecule has 4 N–H and O–H groups in total. The molecule has 160 valence electrons. The summed E-state index contributed by atoms with van der Waals surface area (Å²) < 4.78 is 6.02. The number of carbonyl (C=O) groups is 1. The number of hydrogen-bond donors (Lipinski definition) is 3. The van der Waals surface area contributed by atoms with Crippen LogP contribution >= 0.6 is 15.9 Å². The molecule has 0 aromatic heterocycles. The molecule has 0 heterocycles. The second kappa shape index (κ2) is 9.07. The van der Waals surface area contributed by atoms with Crippen LogP contribution in [-0.2, 0) is 0 Å². The van der Waals surface area contributed by atoms with Gasteiger partial charge in [-0.05, 0) is 53.9 Å². The van der Waals surface area contributed by atoms with Crippen LogP contribution in [0.25, 0.3) is 10.8 Å². The number of azo groups is 1. The van der Waals surface area contributed by atoms with Gasteiger partial charge in [0.2, 0.25) is 0 Å². The number of phenols is 1. The zero-order valence-corrected chi connectivity index (χ0v) is 18.6. The summed E-state index contributed by atoms with van der Waals surface area (Å²) in [5.41, 5.74) is 7.68. The van der Waals surface area contributed by atoms with E-state index < -0.39 is 5.91 Å². The lowest BCUT2D eigenvalue weighted by atomic mass is 10.1. The van der Waals surface area contributed by atoms with Gasteiger partial charge < -0.3 is 20.9 Å². The molecule has 7 nitrogen and oxygen atoms in total. The van der Waals surface area contributed by atoms with Crippen LogP contribution in [0.15, 0.2) is 87.5 Å². The molecule has 0 fully saturated rings. The average Bonchev–Trinajstić information content (AvgIpc) is 2.80. The van der Waals surface area contributed by atoms with Crippen molar-refractivity contribution in [3.05, 3.63) is 82.8 Å². The second-order valence-corrected chi connectivity index (χ2v) is 7.85. The van der Waals surface area contributed by atoms with Gasteiger partial charge in [-0.2, -0.15) is 5.11 Å². The molecule has 0 saturated carbocycles. The van der Waals surface area contributed by atoms with Gasteiger partial charge in [-0.3, -0.25) is 4.79 Å². The first kappa shape index (κ1) is 21.3. The molecule has 4 aromatic rings. The van der Waals surface area contributed by atoms with E-state index in [0.29, 0.717) is 28.1 Å². The van der Waals surface area contributed by atoms with E-state index in [1.54, 1.807) is 48.5 Å². The summed E-state index contributed by atoms with van der Waals surface area (Å²) in [5.74, 6) is -0.213. The van der Waals surface area contributed by atoms with Gasteiger partial charge in [0, 0.05) is 15.5 Å². The fourth-order valence-corrected chi connectivity index (χ4v) is 3.57. The fourth-order valence-electron chi connectivity index (χ4n) is 3.21. The Morgan fingerprint density at radius 3 is 2.53 bits per heavy atom. The molecule has 0 atom stereocenters. The van der Waals surface area contributed by atoms with Crippen LogP contribution in [0.1, 0.15) is 10.4 Å². The maximum atomic E-state index is 13.0. The zero-order chi connectivity index (χ0) is 22.7. The Labute approximate surface area is 192 Å². The molecule has 0 aliphatic carbocycles. The molecule has 0 bridgehead atoms. The smallest absolute Gasteiger partial charge is 0.259 e. The van der Waals surface area contributed by atoms with Crippen LogP contribution in [-0.4, -0.2) is 18.1 Å². The highest BCUT2D eigenvalue weighted by atomic mass is 79.9. The summed E-state index contributed by atoms with van der Waals surface area (Å²) in [6.45, 7) is 0. The monoisotopic (exact) mass is 490 g/mol. The van der Waals surface area contributed by atoms with Crippen molar-refractivity contribution in [2.75, 3.05) is 18.2 Å². The minimum atomic E-state index is -0.435. The quantitative estimate of drug-likeness (QED) is 0.167. The summed E-state index contributed by atoms with van der Waals surface area (Å²) in [5, 5.41) is 23.7. The summed E-state index contributed by atoms with van der Waals surface area (Å²) in [4.78, 5) is 13.0. The summed E-state index contributed by atoms with van der Waals surface area (Å²) >= 11 is 3.36. The van der Waals surface area contributed by atoms with Gasteiger partial charge in [-0.25, -0.2) is 0 Å². The number of nitrogens with zero attached hydrogens (tertiary/aromatic N) is 2. The zero-order valence-electron chi connectivity index (χ0n) is 17.0. The lowest BCUT2D eigenvalue weighted by molar-refractivity contribution is 0.102. The van der Waals surface area contributed by atoms with Crippen LogP contribution in [0.3, 0.4) is 0 Å². The second-order valence-electron chi connectivity index (χ2n) is 6.93. The number of carbonyl (C=O) groups excluding carboxylic acids is 1. The first-order chi connectivity index (χ1) is 15.5. The van der Waals surface area contributed by atoms with E-state index in [2.05, 4.69) is 31.5 Å². The van der Waals surface area contributed by atoms with Crippen molar-refractivity contribution in [1.29, 1.82) is 0 Å². The number of amides is 1. The molecule has 0 aliphatic rings. The predicted molar refractivity (Wildman–Crippen MR) is 129 cm³/mol. The van der Waals surface area contributed by atoms with Crippen LogP contribution in [0, 0.1) is 0 Å². The Bertz CT molecular complexity index is 1340. The standard InChI is InChI=1S/C24H19BrN4O3/c1-32-21-11-6-15(25)13-19(21)24(31)27-20-12-14-4-2-3-5-18(14)22(23(20)30)29-28-17-9-7-16(26)8-10-17/h2-13,30H,26H2,1H3,(H,27,31). The number of ether oxygens (including phenoxy) is 1. The van der Waals surface area contributed by atoms with Crippen LogP contribution in [0.4, 0.5) is 22.7 Å². The minimum Gasteiger partial charge on any atom is -0.504 e. The molecular formula is C24H19BrN4O3. The lowest BCUT2D eigenvalue weighted by Gasteiger charge is -2.13. The molecule has 1 amide bonds. The van der Waals surface area contributed by atoms with E-state index >= 15 is 0 Å². The van der Waals surface area contributed by atoms with E-state index in [1.165, 1.54) is 7.11 Å². The molecule has 32 heavy (non-hydrogen) atoms. The first-order valence-electron chi connectivity index (χ1n) is 9.63. The number of fused-ring (bicyclic) bond motifs is 1. The number of methoxy groups -OCH3 is 1. The highest BCUT2D eigenvalue weighted by Gasteiger charge is 2.18. The van der Waals surface area contributed by atoms with Crippen molar-refractivity contribution >= 4 is 55.4 Å². The number of halogens is 1. The van der Waals surface area contributed by atoms with E-state index in [9.17, 15) is 9.90 Å². The van der Waals surface area contributed by atoms with Crippen molar-refractivity contribution in [3.63, 3.8) is 0 Å². The number of rotatable bonds is 5. The number of anilines is 2. The summed E-state index contributed by atoms with van der Waals surface area (Å²) in [7, 11) is 1.49. The Morgan fingerprint density at radius 2 is 1.78 bits per heavy atom. The number of benzene rings is 4. The molecule has 0 aliphatic heterocycles. The molecule has 8 heteroatoms. The van der Waals surface area contributed by atoms with Gasteiger partial charge in [0.15, 0.2) is 5.75 Å². The number of hydrogen-bond acceptors (Lipinski definition) is 6. The molecule has 0 radical (unpaired) electrons. The number of nitrogen functional groups attached to an aromatic ring is 1. The predicted octanol–water partition coefficient (Wildman–Crippen LogP) is 6.57. The van der Waals surface area contributed by atoms with Crippen LogP contribution in [0.2, 0.25) is 0 Å².